The van der Waals surface area contributed by atoms with Crippen LogP contribution in [0.25, 0.3) is 0 Å². The maximum Gasteiger partial charge on any atom is 0.337 e. The summed E-state index contributed by atoms with van der Waals surface area (Å²) in [7, 11) is 1.61. The standard InChI is InChI=1S/C28H31NO4S/c1-17-24(27(31)33-16-18-6-10-20(32-4)11-7-18)25(19-8-12-21(34-5)13-9-19)26-22(29-17)14-28(2,3)15-23(26)30/h6-13,25,29H,14-16H2,1-5H3. The monoisotopic (exact) mass is 477 g/mol. The van der Waals surface area contributed by atoms with Crippen molar-refractivity contribution in [2.45, 2.75) is 51.0 Å². The molecule has 0 saturated heterocycles. The molecule has 2 aliphatic rings. The molecule has 2 aromatic carbocycles. The summed E-state index contributed by atoms with van der Waals surface area (Å²) in [5, 5.41) is 3.39. The molecule has 5 nitrogen and oxygen atoms in total. The molecule has 1 atom stereocenters. The summed E-state index contributed by atoms with van der Waals surface area (Å²) in [5.41, 5.74) is 4.52. The smallest absolute Gasteiger partial charge is 0.337 e. The first kappa shape index (κ1) is 24.1. The zero-order valence-electron chi connectivity index (χ0n) is 20.4. The van der Waals surface area contributed by atoms with E-state index in [0.29, 0.717) is 17.6 Å². The number of esters is 1. The van der Waals surface area contributed by atoms with Gasteiger partial charge in [-0.2, -0.15) is 0 Å². The third-order valence-electron chi connectivity index (χ3n) is 6.44. The third-order valence-corrected chi connectivity index (χ3v) is 7.18. The average Bonchev–Trinajstić information content (AvgIpc) is 2.81. The van der Waals surface area contributed by atoms with Crippen molar-refractivity contribution >= 4 is 23.5 Å². The van der Waals surface area contributed by atoms with Crippen LogP contribution in [0.3, 0.4) is 0 Å². The van der Waals surface area contributed by atoms with E-state index in [-0.39, 0.29) is 17.8 Å². The van der Waals surface area contributed by atoms with Crippen LogP contribution >= 0.6 is 11.8 Å². The minimum atomic E-state index is -0.445. The van der Waals surface area contributed by atoms with Crippen LogP contribution in [0, 0.1) is 5.41 Å². The summed E-state index contributed by atoms with van der Waals surface area (Å²) in [6.45, 7) is 6.25. The first-order chi connectivity index (χ1) is 16.2. The summed E-state index contributed by atoms with van der Waals surface area (Å²) in [6, 6.07) is 15.5. The van der Waals surface area contributed by atoms with Crippen molar-refractivity contribution < 1.29 is 19.1 Å². The van der Waals surface area contributed by atoms with Crippen molar-refractivity contribution in [1.82, 2.24) is 5.32 Å². The van der Waals surface area contributed by atoms with Gasteiger partial charge in [0, 0.05) is 34.2 Å². The minimum absolute atomic E-state index is 0.0886. The predicted octanol–water partition coefficient (Wildman–Crippen LogP) is 5.76. The predicted molar refractivity (Wildman–Crippen MR) is 135 cm³/mol. The number of ether oxygens (including phenoxy) is 2. The molecule has 6 heteroatoms. The lowest BCUT2D eigenvalue weighted by Crippen LogP contribution is -2.38. The van der Waals surface area contributed by atoms with Crippen molar-refractivity contribution in [1.29, 1.82) is 0 Å². The molecule has 0 bridgehead atoms. The van der Waals surface area contributed by atoms with E-state index in [1.165, 1.54) is 0 Å². The van der Waals surface area contributed by atoms with E-state index in [9.17, 15) is 9.59 Å². The average molecular weight is 478 g/mol. The van der Waals surface area contributed by atoms with Gasteiger partial charge in [0.15, 0.2) is 5.78 Å². The molecule has 1 aliphatic carbocycles. The van der Waals surface area contributed by atoms with E-state index in [4.69, 9.17) is 9.47 Å². The number of methoxy groups -OCH3 is 1. The first-order valence-electron chi connectivity index (χ1n) is 11.4. The largest absolute Gasteiger partial charge is 0.497 e. The number of ketones is 1. The van der Waals surface area contributed by atoms with E-state index >= 15 is 0 Å². The highest BCUT2D eigenvalue weighted by Gasteiger charge is 2.43. The molecule has 34 heavy (non-hydrogen) atoms. The van der Waals surface area contributed by atoms with Gasteiger partial charge in [0.25, 0.3) is 0 Å². The number of dihydropyridines is 1. The fraction of sp³-hybridized carbons (Fsp3) is 0.357. The molecule has 178 valence electrons. The van der Waals surface area contributed by atoms with Crippen LogP contribution in [-0.2, 0) is 20.9 Å². The highest BCUT2D eigenvalue weighted by Crippen LogP contribution is 2.47. The van der Waals surface area contributed by atoms with E-state index in [0.717, 1.165) is 39.6 Å². The second-order valence-corrected chi connectivity index (χ2v) is 10.5. The Balaban J connectivity index is 1.68. The Kier molecular flexibility index (Phi) is 6.89. The number of nitrogens with one attached hydrogen (secondary N) is 1. The molecule has 0 saturated carbocycles. The first-order valence-corrected chi connectivity index (χ1v) is 12.6. The Labute approximate surface area is 205 Å². The molecule has 0 amide bonds. The normalized spacial score (nSPS) is 19.4. The van der Waals surface area contributed by atoms with Gasteiger partial charge in [0.1, 0.15) is 12.4 Å². The lowest BCUT2D eigenvalue weighted by molar-refractivity contribution is -0.140. The fourth-order valence-corrected chi connectivity index (χ4v) is 5.19. The Hall–Kier alpha value is -2.99. The molecule has 1 unspecified atom stereocenters. The zero-order chi connectivity index (χ0) is 24.5. The Morgan fingerprint density at radius 2 is 1.76 bits per heavy atom. The van der Waals surface area contributed by atoms with Crippen LogP contribution in [0.15, 0.2) is 76.0 Å². The lowest BCUT2D eigenvalue weighted by Gasteiger charge is -2.39. The summed E-state index contributed by atoms with van der Waals surface area (Å²) < 4.78 is 10.9. The van der Waals surface area contributed by atoms with E-state index in [1.54, 1.807) is 18.9 Å². The number of carbonyl (C=O) groups is 2. The number of rotatable bonds is 6. The van der Waals surface area contributed by atoms with Crippen LogP contribution in [0.2, 0.25) is 0 Å². The highest BCUT2D eigenvalue weighted by atomic mass is 32.2. The van der Waals surface area contributed by atoms with Crippen LogP contribution in [0.5, 0.6) is 5.75 Å². The van der Waals surface area contributed by atoms with Crippen molar-refractivity contribution in [3.8, 4) is 5.75 Å². The van der Waals surface area contributed by atoms with Gasteiger partial charge in [-0.3, -0.25) is 4.79 Å². The van der Waals surface area contributed by atoms with Crippen molar-refractivity contribution in [3.05, 3.63) is 82.2 Å². The van der Waals surface area contributed by atoms with E-state index < -0.39 is 11.9 Å². The van der Waals surface area contributed by atoms with E-state index in [1.807, 2.05) is 61.7 Å². The highest BCUT2D eigenvalue weighted by molar-refractivity contribution is 7.98. The number of hydrogen-bond donors (Lipinski definition) is 1. The number of thioether (sulfide) groups is 1. The van der Waals surface area contributed by atoms with Crippen LogP contribution in [0.4, 0.5) is 0 Å². The lowest BCUT2D eigenvalue weighted by atomic mass is 9.68. The minimum Gasteiger partial charge on any atom is -0.497 e. The van der Waals surface area contributed by atoms with Gasteiger partial charge in [0.05, 0.1) is 12.7 Å². The number of hydrogen-bond acceptors (Lipinski definition) is 6. The summed E-state index contributed by atoms with van der Waals surface area (Å²) in [6.07, 6.45) is 3.25. The maximum atomic E-state index is 13.4. The van der Waals surface area contributed by atoms with Crippen LogP contribution < -0.4 is 10.1 Å². The quantitative estimate of drug-likeness (QED) is 0.421. The van der Waals surface area contributed by atoms with Gasteiger partial charge in [-0.1, -0.05) is 38.1 Å². The maximum absolute atomic E-state index is 13.4. The molecular weight excluding hydrogens is 446 g/mol. The van der Waals surface area contributed by atoms with Gasteiger partial charge in [-0.15, -0.1) is 11.8 Å². The molecule has 0 spiro atoms. The van der Waals surface area contributed by atoms with Gasteiger partial charge < -0.3 is 14.8 Å². The molecule has 0 fully saturated rings. The topological polar surface area (TPSA) is 64.6 Å². The van der Waals surface area contributed by atoms with Crippen LogP contribution in [-0.4, -0.2) is 25.1 Å². The van der Waals surface area contributed by atoms with Gasteiger partial charge in [-0.25, -0.2) is 4.79 Å². The number of Topliss-reactive ketones (excluding diaryl/α,β-unsaturated/α-hetero) is 1. The molecule has 0 radical (unpaired) electrons. The molecule has 1 aliphatic heterocycles. The van der Waals surface area contributed by atoms with Crippen molar-refractivity contribution in [2.24, 2.45) is 5.41 Å². The third kappa shape index (κ3) is 4.92. The Bertz CT molecular complexity index is 1160. The second-order valence-electron chi connectivity index (χ2n) is 9.63. The molecule has 0 aromatic heterocycles. The molecule has 4 rings (SSSR count). The van der Waals surface area contributed by atoms with Crippen LogP contribution in [0.1, 0.15) is 50.7 Å². The van der Waals surface area contributed by atoms with Crippen molar-refractivity contribution in [3.63, 3.8) is 0 Å². The Morgan fingerprint density at radius 1 is 1.09 bits per heavy atom. The summed E-state index contributed by atoms with van der Waals surface area (Å²) in [5.74, 6) is -0.0224. The zero-order valence-corrected chi connectivity index (χ0v) is 21.2. The van der Waals surface area contributed by atoms with Gasteiger partial charge in [-0.05, 0) is 60.4 Å². The number of carbonyl (C=O) groups excluding carboxylic acids is 2. The number of benzene rings is 2. The molecule has 2 aromatic rings. The molecule has 1 heterocycles. The molecular formula is C28H31NO4S. The van der Waals surface area contributed by atoms with Gasteiger partial charge in [0.2, 0.25) is 0 Å². The van der Waals surface area contributed by atoms with Gasteiger partial charge >= 0.3 is 5.97 Å². The summed E-state index contributed by atoms with van der Waals surface area (Å²) in [4.78, 5) is 27.9. The van der Waals surface area contributed by atoms with Crippen molar-refractivity contribution in [2.75, 3.05) is 13.4 Å². The second kappa shape index (κ2) is 9.71. The number of allylic oxidation sites excluding steroid dienone is 3. The Morgan fingerprint density at radius 3 is 2.38 bits per heavy atom. The summed E-state index contributed by atoms with van der Waals surface area (Å²) >= 11 is 1.66. The fourth-order valence-electron chi connectivity index (χ4n) is 4.78. The molecule has 1 N–H and O–H groups in total. The SMILES string of the molecule is COc1ccc(COC(=O)C2=C(C)NC3=C(C(=O)CC(C)(C)C3)C2c2ccc(SC)cc2)cc1. The van der Waals surface area contributed by atoms with E-state index in [2.05, 4.69) is 19.2 Å².